The summed E-state index contributed by atoms with van der Waals surface area (Å²) in [4.78, 5) is 12.1. The number of aryl methyl sites for hydroxylation is 2. The number of aromatic nitrogens is 1. The molecule has 2 aromatic rings. The van der Waals surface area contributed by atoms with Crippen LogP contribution in [0.25, 0.3) is 0 Å². The molecular formula is C14H15BrN2O. The Bertz CT molecular complexity index is 575. The molecular weight excluding hydrogens is 292 g/mol. The molecule has 0 atom stereocenters. The van der Waals surface area contributed by atoms with Gasteiger partial charge in [-0.2, -0.15) is 0 Å². The van der Waals surface area contributed by atoms with Gasteiger partial charge in [-0.15, -0.1) is 0 Å². The van der Waals surface area contributed by atoms with Crippen LogP contribution in [0.1, 0.15) is 23.0 Å². The van der Waals surface area contributed by atoms with E-state index in [1.54, 1.807) is 10.6 Å². The van der Waals surface area contributed by atoms with Crippen LogP contribution in [0.4, 0.5) is 5.69 Å². The van der Waals surface area contributed by atoms with Crippen LogP contribution in [0.5, 0.6) is 0 Å². The molecule has 1 N–H and O–H groups in total. The molecule has 18 heavy (non-hydrogen) atoms. The lowest BCUT2D eigenvalue weighted by atomic mass is 10.1. The topological polar surface area (TPSA) is 34.0 Å². The first-order valence-electron chi connectivity index (χ1n) is 5.83. The highest BCUT2D eigenvalue weighted by molar-refractivity contribution is 9.10. The lowest BCUT2D eigenvalue weighted by Gasteiger charge is -2.10. The molecule has 0 aliphatic carbocycles. The van der Waals surface area contributed by atoms with Gasteiger partial charge in [-0.3, -0.25) is 4.79 Å². The van der Waals surface area contributed by atoms with Crippen molar-refractivity contribution in [3.05, 3.63) is 52.3 Å². The zero-order valence-electron chi connectivity index (χ0n) is 10.4. The molecule has 1 heterocycles. The Morgan fingerprint density at radius 1 is 1.39 bits per heavy atom. The van der Waals surface area contributed by atoms with Crippen LogP contribution in [0.2, 0.25) is 0 Å². The summed E-state index contributed by atoms with van der Waals surface area (Å²) in [5.74, 6) is -0.0838. The van der Waals surface area contributed by atoms with Gasteiger partial charge in [-0.1, -0.05) is 22.9 Å². The predicted octanol–water partition coefficient (Wildman–Crippen LogP) is 3.60. The molecule has 3 nitrogen and oxygen atoms in total. The summed E-state index contributed by atoms with van der Waals surface area (Å²) in [5, 5.41) is 2.95. The predicted molar refractivity (Wildman–Crippen MR) is 76.9 cm³/mol. The summed E-state index contributed by atoms with van der Waals surface area (Å²) >= 11 is 3.44. The first kappa shape index (κ1) is 12.9. The van der Waals surface area contributed by atoms with Crippen molar-refractivity contribution in [1.29, 1.82) is 0 Å². The van der Waals surface area contributed by atoms with Gasteiger partial charge < -0.3 is 9.88 Å². The molecule has 4 heteroatoms. The van der Waals surface area contributed by atoms with E-state index in [0.29, 0.717) is 5.69 Å². The number of benzene rings is 1. The van der Waals surface area contributed by atoms with Gasteiger partial charge in [0.25, 0.3) is 5.91 Å². The Morgan fingerprint density at radius 2 is 2.17 bits per heavy atom. The van der Waals surface area contributed by atoms with Crippen LogP contribution < -0.4 is 5.32 Å². The number of carbonyl (C=O) groups excluding carboxylic acids is 1. The molecule has 0 bridgehead atoms. The van der Waals surface area contributed by atoms with Gasteiger partial charge in [-0.05, 0) is 42.3 Å². The number of rotatable bonds is 3. The van der Waals surface area contributed by atoms with Crippen LogP contribution in [0.3, 0.4) is 0 Å². The molecule has 1 aromatic carbocycles. The number of halogens is 1. The summed E-state index contributed by atoms with van der Waals surface area (Å²) in [6.07, 6.45) is 2.74. The zero-order valence-corrected chi connectivity index (χ0v) is 12.0. The third-order valence-electron chi connectivity index (χ3n) is 2.87. The van der Waals surface area contributed by atoms with Crippen LogP contribution in [0, 0.1) is 0 Å². The third kappa shape index (κ3) is 2.64. The molecule has 0 saturated carbocycles. The Labute approximate surface area is 115 Å². The van der Waals surface area contributed by atoms with Crippen molar-refractivity contribution in [2.45, 2.75) is 13.3 Å². The van der Waals surface area contributed by atoms with Crippen LogP contribution in [-0.2, 0) is 13.5 Å². The highest BCUT2D eigenvalue weighted by Crippen LogP contribution is 2.22. The van der Waals surface area contributed by atoms with Crippen molar-refractivity contribution in [2.24, 2.45) is 7.05 Å². The first-order chi connectivity index (χ1) is 8.61. The minimum absolute atomic E-state index is 0.0838. The summed E-state index contributed by atoms with van der Waals surface area (Å²) in [6, 6.07) is 9.54. The summed E-state index contributed by atoms with van der Waals surface area (Å²) in [5.41, 5.74) is 2.64. The van der Waals surface area contributed by atoms with Crippen molar-refractivity contribution in [3.8, 4) is 0 Å². The largest absolute Gasteiger partial charge is 0.347 e. The SMILES string of the molecule is CCc1cc(Br)ccc1NC(=O)c1cccn1C. The second kappa shape index (κ2) is 5.40. The van der Waals surface area contributed by atoms with Crippen molar-refractivity contribution < 1.29 is 4.79 Å². The van der Waals surface area contributed by atoms with Crippen molar-refractivity contribution >= 4 is 27.5 Å². The van der Waals surface area contributed by atoms with E-state index in [9.17, 15) is 4.79 Å². The lowest BCUT2D eigenvalue weighted by Crippen LogP contribution is -2.16. The highest BCUT2D eigenvalue weighted by Gasteiger charge is 2.11. The van der Waals surface area contributed by atoms with E-state index in [1.807, 2.05) is 37.5 Å². The number of anilines is 1. The molecule has 0 aliphatic heterocycles. The second-order valence-electron chi connectivity index (χ2n) is 4.11. The summed E-state index contributed by atoms with van der Waals surface area (Å²) in [6.45, 7) is 2.07. The maximum Gasteiger partial charge on any atom is 0.272 e. The van der Waals surface area contributed by atoms with Gasteiger partial charge in [0, 0.05) is 23.4 Å². The molecule has 2 rings (SSSR count). The Kier molecular flexibility index (Phi) is 3.87. The average Bonchev–Trinajstić information content (AvgIpc) is 2.77. The van der Waals surface area contributed by atoms with E-state index in [2.05, 4.69) is 28.2 Å². The van der Waals surface area contributed by atoms with Crippen LogP contribution >= 0.6 is 15.9 Å². The van der Waals surface area contributed by atoms with Crippen LogP contribution in [0.15, 0.2) is 41.0 Å². The Morgan fingerprint density at radius 3 is 2.78 bits per heavy atom. The number of carbonyl (C=O) groups is 1. The molecule has 0 spiro atoms. The molecule has 0 radical (unpaired) electrons. The maximum atomic E-state index is 12.1. The monoisotopic (exact) mass is 306 g/mol. The molecule has 0 unspecified atom stereocenters. The fourth-order valence-corrected chi connectivity index (χ4v) is 2.27. The number of hydrogen-bond donors (Lipinski definition) is 1. The van der Waals surface area contributed by atoms with E-state index >= 15 is 0 Å². The fraction of sp³-hybridized carbons (Fsp3) is 0.214. The molecule has 1 amide bonds. The van der Waals surface area contributed by atoms with E-state index in [-0.39, 0.29) is 5.91 Å². The summed E-state index contributed by atoms with van der Waals surface area (Å²) < 4.78 is 2.83. The third-order valence-corrected chi connectivity index (χ3v) is 3.37. The van der Waals surface area contributed by atoms with Gasteiger partial charge in [0.2, 0.25) is 0 Å². The minimum Gasteiger partial charge on any atom is -0.347 e. The molecule has 0 aliphatic rings. The minimum atomic E-state index is -0.0838. The van der Waals surface area contributed by atoms with Gasteiger partial charge in [-0.25, -0.2) is 0 Å². The smallest absolute Gasteiger partial charge is 0.272 e. The number of amides is 1. The second-order valence-corrected chi connectivity index (χ2v) is 5.03. The fourth-order valence-electron chi connectivity index (χ4n) is 1.86. The van der Waals surface area contributed by atoms with Crippen molar-refractivity contribution in [1.82, 2.24) is 4.57 Å². The molecule has 0 saturated heterocycles. The van der Waals surface area contributed by atoms with E-state index in [1.165, 1.54) is 0 Å². The van der Waals surface area contributed by atoms with Gasteiger partial charge in [0.15, 0.2) is 0 Å². The molecule has 94 valence electrons. The van der Waals surface area contributed by atoms with E-state index < -0.39 is 0 Å². The van der Waals surface area contributed by atoms with Crippen molar-refractivity contribution in [2.75, 3.05) is 5.32 Å². The van der Waals surface area contributed by atoms with Gasteiger partial charge >= 0.3 is 0 Å². The molecule has 1 aromatic heterocycles. The van der Waals surface area contributed by atoms with E-state index in [0.717, 1.165) is 22.1 Å². The Hall–Kier alpha value is -1.55. The quantitative estimate of drug-likeness (QED) is 0.923. The van der Waals surface area contributed by atoms with Crippen LogP contribution in [-0.4, -0.2) is 10.5 Å². The van der Waals surface area contributed by atoms with Gasteiger partial charge in [0.05, 0.1) is 0 Å². The number of nitrogens with one attached hydrogen (secondary N) is 1. The molecule has 0 fully saturated rings. The van der Waals surface area contributed by atoms with Crippen molar-refractivity contribution in [3.63, 3.8) is 0 Å². The highest BCUT2D eigenvalue weighted by atomic mass is 79.9. The Balaban J connectivity index is 2.24. The zero-order chi connectivity index (χ0) is 13.1. The first-order valence-corrected chi connectivity index (χ1v) is 6.62. The number of nitrogens with zero attached hydrogens (tertiary/aromatic N) is 1. The maximum absolute atomic E-state index is 12.1. The number of hydrogen-bond acceptors (Lipinski definition) is 1. The average molecular weight is 307 g/mol. The summed E-state index contributed by atoms with van der Waals surface area (Å²) in [7, 11) is 1.86. The van der Waals surface area contributed by atoms with Gasteiger partial charge in [0.1, 0.15) is 5.69 Å². The normalized spacial score (nSPS) is 10.4. The standard InChI is InChI=1S/C14H15BrN2O/c1-3-10-9-11(15)6-7-12(10)16-14(18)13-5-4-8-17(13)2/h4-9H,3H2,1-2H3,(H,16,18). The van der Waals surface area contributed by atoms with E-state index in [4.69, 9.17) is 0 Å². The lowest BCUT2D eigenvalue weighted by molar-refractivity contribution is 0.101.